The molecule has 0 aliphatic heterocycles. The molecule has 3 heteroatoms. The highest BCUT2D eigenvalue weighted by atomic mass is 14.9. The summed E-state index contributed by atoms with van der Waals surface area (Å²) in [7, 11) is 0. The summed E-state index contributed by atoms with van der Waals surface area (Å²) < 4.78 is 0. The van der Waals surface area contributed by atoms with Crippen LogP contribution in [0.3, 0.4) is 0 Å². The van der Waals surface area contributed by atoms with Gasteiger partial charge in [0.15, 0.2) is 0 Å². The fraction of sp³-hybridized carbons (Fsp3) is 0.765. The zero-order valence-corrected chi connectivity index (χ0v) is 13.1. The van der Waals surface area contributed by atoms with Gasteiger partial charge < -0.3 is 5.32 Å². The van der Waals surface area contributed by atoms with E-state index in [1.54, 1.807) is 0 Å². The first-order valence-electron chi connectivity index (χ1n) is 8.23. The lowest BCUT2D eigenvalue weighted by atomic mass is 9.88. The first-order chi connectivity index (χ1) is 9.69. The largest absolute Gasteiger partial charge is 0.317 e. The van der Waals surface area contributed by atoms with E-state index in [4.69, 9.17) is 9.97 Å². The second-order valence-corrected chi connectivity index (χ2v) is 6.62. The highest BCUT2D eigenvalue weighted by Gasteiger charge is 2.41. The molecule has 1 aromatic rings. The molecule has 3 rings (SSSR count). The van der Waals surface area contributed by atoms with E-state index in [1.165, 1.54) is 42.6 Å². The maximum atomic E-state index is 4.87. The van der Waals surface area contributed by atoms with Crippen molar-refractivity contribution in [2.75, 3.05) is 13.1 Å². The van der Waals surface area contributed by atoms with Gasteiger partial charge >= 0.3 is 0 Å². The van der Waals surface area contributed by atoms with E-state index in [1.807, 2.05) is 0 Å². The minimum atomic E-state index is 0.647. The van der Waals surface area contributed by atoms with Gasteiger partial charge in [-0.3, -0.25) is 0 Å². The molecule has 3 nitrogen and oxygen atoms in total. The Bertz CT molecular complexity index is 460. The Labute approximate surface area is 122 Å². The van der Waals surface area contributed by atoms with E-state index >= 15 is 0 Å². The molecule has 0 radical (unpaired) electrons. The normalized spacial score (nSPS) is 28.2. The Morgan fingerprint density at radius 2 is 1.85 bits per heavy atom. The molecule has 2 saturated carbocycles. The molecule has 110 valence electrons. The van der Waals surface area contributed by atoms with Crippen molar-refractivity contribution < 1.29 is 0 Å². The molecule has 1 aromatic heterocycles. The number of aryl methyl sites for hydroxylation is 2. The molecule has 0 spiro atoms. The molecule has 2 aliphatic rings. The number of fused-ring (bicyclic) bond motifs is 2. The number of likely N-dealkylation sites (N-methyl/N-ethyl adjacent to an activating group) is 1. The minimum Gasteiger partial charge on any atom is -0.317 e. The maximum Gasteiger partial charge on any atom is 0.132 e. The van der Waals surface area contributed by atoms with Gasteiger partial charge in [0.25, 0.3) is 0 Å². The highest BCUT2D eigenvalue weighted by molar-refractivity contribution is 5.26. The van der Waals surface area contributed by atoms with Gasteiger partial charge in [0.05, 0.1) is 0 Å². The predicted molar refractivity (Wildman–Crippen MR) is 81.9 cm³/mol. The second kappa shape index (κ2) is 5.80. The van der Waals surface area contributed by atoms with Crippen molar-refractivity contribution >= 4 is 0 Å². The van der Waals surface area contributed by atoms with Crippen LogP contribution < -0.4 is 5.32 Å². The van der Waals surface area contributed by atoms with Crippen molar-refractivity contribution in [2.45, 2.75) is 58.8 Å². The molecule has 0 saturated heterocycles. The van der Waals surface area contributed by atoms with Crippen LogP contribution in [0.25, 0.3) is 0 Å². The van der Waals surface area contributed by atoms with Crippen LogP contribution in [-0.2, 0) is 6.42 Å². The van der Waals surface area contributed by atoms with E-state index in [2.05, 4.69) is 26.1 Å². The van der Waals surface area contributed by atoms with Gasteiger partial charge in [-0.15, -0.1) is 0 Å². The van der Waals surface area contributed by atoms with Gasteiger partial charge in [-0.1, -0.05) is 13.3 Å². The molecule has 3 unspecified atom stereocenters. The van der Waals surface area contributed by atoms with Crippen molar-refractivity contribution in [1.82, 2.24) is 15.3 Å². The number of nitrogens with one attached hydrogen (secondary N) is 1. The first kappa shape index (κ1) is 14.0. The van der Waals surface area contributed by atoms with E-state index in [9.17, 15) is 0 Å². The fourth-order valence-electron chi connectivity index (χ4n) is 4.24. The Morgan fingerprint density at radius 3 is 2.40 bits per heavy atom. The fourth-order valence-corrected chi connectivity index (χ4v) is 4.24. The van der Waals surface area contributed by atoms with Crippen LogP contribution in [0, 0.1) is 25.7 Å². The minimum absolute atomic E-state index is 0.647. The first-order valence-corrected chi connectivity index (χ1v) is 8.23. The molecule has 3 atom stereocenters. The van der Waals surface area contributed by atoms with Crippen LogP contribution in [0.4, 0.5) is 0 Å². The molecular formula is C17H27N3. The molecule has 2 aliphatic carbocycles. The highest BCUT2D eigenvalue weighted by Crippen LogP contribution is 2.52. The van der Waals surface area contributed by atoms with Crippen molar-refractivity contribution in [1.29, 1.82) is 0 Å². The summed E-state index contributed by atoms with van der Waals surface area (Å²) in [6.45, 7) is 8.52. The average molecular weight is 273 g/mol. The third-order valence-corrected chi connectivity index (χ3v) is 5.31. The lowest BCUT2D eigenvalue weighted by Crippen LogP contribution is -2.19. The summed E-state index contributed by atoms with van der Waals surface area (Å²) in [5, 5.41) is 3.39. The smallest absolute Gasteiger partial charge is 0.132 e. The summed E-state index contributed by atoms with van der Waals surface area (Å²) in [5.41, 5.74) is 3.75. The lowest BCUT2D eigenvalue weighted by molar-refractivity contribution is 0.404. The van der Waals surface area contributed by atoms with Gasteiger partial charge in [-0.05, 0) is 70.0 Å². The third-order valence-electron chi connectivity index (χ3n) is 5.31. The molecule has 1 N–H and O–H groups in total. The van der Waals surface area contributed by atoms with Crippen molar-refractivity contribution in [3.8, 4) is 0 Å². The molecule has 1 heterocycles. The molecule has 20 heavy (non-hydrogen) atoms. The average Bonchev–Trinajstić information content (AvgIpc) is 3.04. The van der Waals surface area contributed by atoms with Crippen LogP contribution in [-0.4, -0.2) is 23.1 Å². The van der Waals surface area contributed by atoms with E-state index < -0.39 is 0 Å². The van der Waals surface area contributed by atoms with Crippen molar-refractivity contribution in [3.63, 3.8) is 0 Å². The van der Waals surface area contributed by atoms with Crippen LogP contribution in [0.5, 0.6) is 0 Å². The topological polar surface area (TPSA) is 37.8 Å². The van der Waals surface area contributed by atoms with Gasteiger partial charge in [0.2, 0.25) is 0 Å². The Balaban J connectivity index is 1.77. The molecule has 0 aromatic carbocycles. The summed E-state index contributed by atoms with van der Waals surface area (Å²) in [6, 6.07) is 0. The molecule has 0 amide bonds. The number of aromatic nitrogens is 2. The predicted octanol–water partition coefficient (Wildman–Crippen LogP) is 3.15. The number of rotatable bonds is 5. The molecular weight excluding hydrogens is 246 g/mol. The standard InChI is InChI=1S/C17H27N3/c1-4-18-8-7-15-11(2)19-17(20-12(15)3)16-10-13-5-6-14(16)9-13/h13-14,16,18H,4-10H2,1-3H3. The Morgan fingerprint density at radius 1 is 1.10 bits per heavy atom. The summed E-state index contributed by atoms with van der Waals surface area (Å²) in [6.07, 6.45) is 6.65. The monoisotopic (exact) mass is 273 g/mol. The van der Waals surface area contributed by atoms with E-state index in [-0.39, 0.29) is 0 Å². The van der Waals surface area contributed by atoms with Crippen LogP contribution in [0.1, 0.15) is 61.3 Å². The van der Waals surface area contributed by atoms with Crippen LogP contribution in [0.2, 0.25) is 0 Å². The van der Waals surface area contributed by atoms with Crippen molar-refractivity contribution in [2.24, 2.45) is 11.8 Å². The van der Waals surface area contributed by atoms with E-state index in [0.29, 0.717) is 5.92 Å². The summed E-state index contributed by atoms with van der Waals surface area (Å²) >= 11 is 0. The van der Waals surface area contributed by atoms with Crippen LogP contribution >= 0.6 is 0 Å². The van der Waals surface area contributed by atoms with Crippen LogP contribution in [0.15, 0.2) is 0 Å². The molecule has 2 fully saturated rings. The number of hydrogen-bond acceptors (Lipinski definition) is 3. The third kappa shape index (κ3) is 2.60. The number of nitrogens with zero attached hydrogens (tertiary/aromatic N) is 2. The Hall–Kier alpha value is -0.960. The van der Waals surface area contributed by atoms with Crippen molar-refractivity contribution in [3.05, 3.63) is 22.8 Å². The van der Waals surface area contributed by atoms with Gasteiger partial charge in [-0.25, -0.2) is 9.97 Å². The number of hydrogen-bond donors (Lipinski definition) is 1. The SMILES string of the molecule is CCNCCc1c(C)nc(C2CC3CCC2C3)nc1C. The maximum absolute atomic E-state index is 4.87. The zero-order valence-electron chi connectivity index (χ0n) is 13.1. The summed E-state index contributed by atoms with van der Waals surface area (Å²) in [4.78, 5) is 9.75. The van der Waals surface area contributed by atoms with E-state index in [0.717, 1.165) is 37.2 Å². The Kier molecular flexibility index (Phi) is 4.06. The lowest BCUT2D eigenvalue weighted by Gasteiger charge is -2.22. The second-order valence-electron chi connectivity index (χ2n) is 6.62. The zero-order chi connectivity index (χ0) is 14.1. The van der Waals surface area contributed by atoms with Gasteiger partial charge in [0.1, 0.15) is 5.82 Å². The van der Waals surface area contributed by atoms with Gasteiger partial charge in [-0.2, -0.15) is 0 Å². The summed E-state index contributed by atoms with van der Waals surface area (Å²) in [5.74, 6) is 3.61. The quantitative estimate of drug-likeness (QED) is 0.838. The molecule has 2 bridgehead atoms. The van der Waals surface area contributed by atoms with Gasteiger partial charge in [0, 0.05) is 17.3 Å².